The Morgan fingerprint density at radius 2 is 1.76 bits per heavy atom. The number of aromatic nitrogens is 2. The lowest BCUT2D eigenvalue weighted by molar-refractivity contribution is 0.401. The molecule has 4 nitrogen and oxygen atoms in total. The van der Waals surface area contributed by atoms with E-state index in [9.17, 15) is 0 Å². The largest absolute Gasteiger partial charge is 0.358 e. The van der Waals surface area contributed by atoms with Gasteiger partial charge in [-0.05, 0) is 45.6 Å². The molecule has 0 bridgehead atoms. The first-order valence-corrected chi connectivity index (χ1v) is 9.35. The van der Waals surface area contributed by atoms with Crippen LogP contribution in [0.4, 0.5) is 5.82 Å². The van der Waals surface area contributed by atoms with Gasteiger partial charge in [0.05, 0.1) is 5.52 Å². The fraction of sp³-hybridized carbons (Fsp3) is 0.476. The van der Waals surface area contributed by atoms with Gasteiger partial charge in [-0.25, -0.2) is 4.98 Å². The number of fused-ring (bicyclic) bond motifs is 3. The summed E-state index contributed by atoms with van der Waals surface area (Å²) >= 11 is 0. The minimum atomic E-state index is 1.01. The van der Waals surface area contributed by atoms with Gasteiger partial charge in [0.25, 0.3) is 0 Å². The molecule has 0 aliphatic carbocycles. The molecule has 0 saturated heterocycles. The van der Waals surface area contributed by atoms with Crippen molar-refractivity contribution in [2.45, 2.75) is 32.7 Å². The Balaban J connectivity index is 2.06. The highest BCUT2D eigenvalue weighted by molar-refractivity contribution is 6.11. The maximum Gasteiger partial charge on any atom is 0.152 e. The van der Waals surface area contributed by atoms with Crippen molar-refractivity contribution in [1.82, 2.24) is 14.5 Å². The first kappa shape index (κ1) is 17.7. The Morgan fingerprint density at radius 1 is 0.960 bits per heavy atom. The van der Waals surface area contributed by atoms with Gasteiger partial charge in [-0.2, -0.15) is 0 Å². The Bertz CT molecular complexity index is 834. The summed E-state index contributed by atoms with van der Waals surface area (Å²) in [6.07, 6.45) is 5.47. The van der Waals surface area contributed by atoms with Crippen molar-refractivity contribution in [3.05, 3.63) is 36.5 Å². The summed E-state index contributed by atoms with van der Waals surface area (Å²) < 4.78 is 2.47. The van der Waals surface area contributed by atoms with Crippen LogP contribution in [0.5, 0.6) is 0 Å². The minimum Gasteiger partial charge on any atom is -0.358 e. The molecule has 0 aliphatic heterocycles. The van der Waals surface area contributed by atoms with Gasteiger partial charge >= 0.3 is 0 Å². The normalized spacial score (nSPS) is 11.7. The van der Waals surface area contributed by atoms with Crippen LogP contribution in [0, 0.1) is 0 Å². The average Bonchev–Trinajstić information content (AvgIpc) is 2.93. The predicted octanol–water partition coefficient (Wildman–Crippen LogP) is 4.38. The molecule has 3 rings (SSSR count). The van der Waals surface area contributed by atoms with Crippen molar-refractivity contribution in [1.29, 1.82) is 0 Å². The average molecular weight is 338 g/mol. The number of unbranched alkanes of at least 4 members (excludes halogenated alkanes) is 1. The van der Waals surface area contributed by atoms with E-state index in [0.29, 0.717) is 0 Å². The van der Waals surface area contributed by atoms with Crippen LogP contribution in [0.2, 0.25) is 0 Å². The van der Waals surface area contributed by atoms with Crippen LogP contribution in [-0.2, 0) is 6.54 Å². The molecule has 0 saturated carbocycles. The van der Waals surface area contributed by atoms with E-state index in [2.05, 4.69) is 72.8 Å². The van der Waals surface area contributed by atoms with Crippen molar-refractivity contribution in [3.8, 4) is 0 Å². The van der Waals surface area contributed by atoms with Gasteiger partial charge in [0.15, 0.2) is 5.82 Å². The van der Waals surface area contributed by atoms with E-state index in [4.69, 9.17) is 4.98 Å². The fourth-order valence-electron chi connectivity index (χ4n) is 3.54. The number of hydrogen-bond donors (Lipinski definition) is 0. The molecule has 0 N–H and O–H groups in total. The molecule has 4 heteroatoms. The first-order valence-electron chi connectivity index (χ1n) is 9.35. The van der Waals surface area contributed by atoms with Crippen molar-refractivity contribution >= 4 is 27.6 Å². The lowest BCUT2D eigenvalue weighted by Crippen LogP contribution is -2.24. The van der Waals surface area contributed by atoms with Gasteiger partial charge in [0, 0.05) is 42.6 Å². The van der Waals surface area contributed by atoms with Crippen molar-refractivity contribution in [2.24, 2.45) is 0 Å². The number of nitrogens with zero attached hydrogens (tertiary/aromatic N) is 4. The number of rotatable bonds is 8. The molecule has 0 amide bonds. The number of benzene rings is 1. The van der Waals surface area contributed by atoms with Crippen LogP contribution < -0.4 is 4.90 Å². The smallest absolute Gasteiger partial charge is 0.152 e. The summed E-state index contributed by atoms with van der Waals surface area (Å²) in [5.41, 5.74) is 2.60. The summed E-state index contributed by atoms with van der Waals surface area (Å²) in [4.78, 5) is 9.31. The zero-order valence-corrected chi connectivity index (χ0v) is 16.0. The van der Waals surface area contributed by atoms with Gasteiger partial charge in [0.2, 0.25) is 0 Å². The molecule has 0 fully saturated rings. The fourth-order valence-corrected chi connectivity index (χ4v) is 3.54. The Hall–Kier alpha value is -2.07. The zero-order valence-electron chi connectivity index (χ0n) is 16.0. The van der Waals surface area contributed by atoms with Crippen LogP contribution in [0.25, 0.3) is 21.8 Å². The zero-order chi connectivity index (χ0) is 17.8. The summed E-state index contributed by atoms with van der Waals surface area (Å²) in [5.74, 6) is 1.10. The maximum atomic E-state index is 4.76. The highest BCUT2D eigenvalue weighted by Crippen LogP contribution is 2.34. The predicted molar refractivity (Wildman–Crippen MR) is 109 cm³/mol. The third-order valence-corrected chi connectivity index (χ3v) is 4.86. The highest BCUT2D eigenvalue weighted by Gasteiger charge is 2.16. The topological polar surface area (TPSA) is 24.3 Å². The monoisotopic (exact) mass is 338 g/mol. The summed E-state index contributed by atoms with van der Waals surface area (Å²) in [7, 11) is 6.42. The SMILES string of the molecule is CCCCn1c2ccccc2c2ccnc(N(C)CCCN(C)C)c21. The van der Waals surface area contributed by atoms with Crippen LogP contribution in [0.1, 0.15) is 26.2 Å². The molecule has 2 heterocycles. The highest BCUT2D eigenvalue weighted by atomic mass is 15.2. The van der Waals surface area contributed by atoms with Gasteiger partial charge < -0.3 is 14.4 Å². The molecule has 25 heavy (non-hydrogen) atoms. The second-order valence-electron chi connectivity index (χ2n) is 7.13. The Morgan fingerprint density at radius 3 is 2.52 bits per heavy atom. The molecule has 2 aromatic heterocycles. The lowest BCUT2D eigenvalue weighted by atomic mass is 10.2. The van der Waals surface area contributed by atoms with E-state index >= 15 is 0 Å². The number of hydrogen-bond acceptors (Lipinski definition) is 3. The minimum absolute atomic E-state index is 1.01. The number of anilines is 1. The first-order chi connectivity index (χ1) is 12.1. The van der Waals surface area contributed by atoms with Crippen LogP contribution in [0.3, 0.4) is 0 Å². The van der Waals surface area contributed by atoms with E-state index in [1.54, 1.807) is 0 Å². The molecule has 3 aromatic rings. The number of pyridine rings is 1. The second-order valence-corrected chi connectivity index (χ2v) is 7.13. The number of aryl methyl sites for hydroxylation is 1. The summed E-state index contributed by atoms with van der Waals surface area (Å²) in [5, 5.41) is 2.65. The van der Waals surface area contributed by atoms with E-state index in [1.165, 1.54) is 34.6 Å². The lowest BCUT2D eigenvalue weighted by Gasteiger charge is -2.21. The Kier molecular flexibility index (Phi) is 5.59. The molecule has 0 radical (unpaired) electrons. The van der Waals surface area contributed by atoms with Crippen molar-refractivity contribution in [2.75, 3.05) is 39.1 Å². The third kappa shape index (κ3) is 3.64. The molecule has 134 valence electrons. The van der Waals surface area contributed by atoms with E-state index in [0.717, 1.165) is 31.9 Å². The molecule has 0 aliphatic rings. The van der Waals surface area contributed by atoms with Crippen molar-refractivity contribution in [3.63, 3.8) is 0 Å². The number of para-hydroxylation sites is 1. The molecular formula is C21H30N4. The van der Waals surface area contributed by atoms with Crippen molar-refractivity contribution < 1.29 is 0 Å². The summed E-state index contributed by atoms with van der Waals surface area (Å²) in [6, 6.07) is 10.9. The molecular weight excluding hydrogens is 308 g/mol. The van der Waals surface area contributed by atoms with Crippen LogP contribution >= 0.6 is 0 Å². The maximum absolute atomic E-state index is 4.76. The third-order valence-electron chi connectivity index (χ3n) is 4.86. The molecule has 0 unspecified atom stereocenters. The van der Waals surface area contributed by atoms with Crippen LogP contribution in [-0.4, -0.2) is 48.7 Å². The molecule has 1 aromatic carbocycles. The van der Waals surface area contributed by atoms with E-state index < -0.39 is 0 Å². The Labute approximate surface area is 151 Å². The van der Waals surface area contributed by atoms with Gasteiger partial charge in [-0.1, -0.05) is 31.5 Å². The van der Waals surface area contributed by atoms with E-state index in [-0.39, 0.29) is 0 Å². The van der Waals surface area contributed by atoms with Gasteiger partial charge in [-0.3, -0.25) is 0 Å². The quantitative estimate of drug-likeness (QED) is 0.609. The van der Waals surface area contributed by atoms with Crippen LogP contribution in [0.15, 0.2) is 36.5 Å². The van der Waals surface area contributed by atoms with Gasteiger partial charge in [-0.15, -0.1) is 0 Å². The van der Waals surface area contributed by atoms with E-state index in [1.807, 2.05) is 6.20 Å². The second kappa shape index (κ2) is 7.87. The molecule has 0 spiro atoms. The summed E-state index contributed by atoms with van der Waals surface area (Å²) in [6.45, 7) is 5.41. The standard InChI is InChI=1S/C21H30N4/c1-5-6-16-25-19-11-8-7-10-17(19)18-12-13-22-21(20(18)25)24(4)15-9-14-23(2)3/h7-8,10-13H,5-6,9,14-16H2,1-4H3. The van der Waals surface area contributed by atoms with Gasteiger partial charge in [0.1, 0.15) is 0 Å². The molecule has 0 atom stereocenters.